The Kier molecular flexibility index (Phi) is 5.26. The zero-order chi connectivity index (χ0) is 22.3. The number of alkyl halides is 6. The first-order valence-corrected chi connectivity index (χ1v) is 8.15. The van der Waals surface area contributed by atoms with Crippen molar-refractivity contribution in [2.45, 2.75) is 25.3 Å². The second-order valence-corrected chi connectivity index (χ2v) is 6.12. The van der Waals surface area contributed by atoms with Gasteiger partial charge in [-0.05, 0) is 19.1 Å². The van der Waals surface area contributed by atoms with E-state index < -0.39 is 35.7 Å². The maximum Gasteiger partial charge on any atom is 0.435 e. The molecule has 0 aliphatic heterocycles. The Bertz CT molecular complexity index is 1070. The van der Waals surface area contributed by atoms with Gasteiger partial charge in [0.25, 0.3) is 5.91 Å². The van der Waals surface area contributed by atoms with Crippen LogP contribution in [0.5, 0.6) is 0 Å². The summed E-state index contributed by atoms with van der Waals surface area (Å²) >= 11 is 0. The van der Waals surface area contributed by atoms with Crippen LogP contribution in [0.25, 0.3) is 11.4 Å². The smallest absolute Gasteiger partial charge is 0.339 e. The Morgan fingerprint density at radius 2 is 1.80 bits per heavy atom. The molecule has 1 amide bonds. The van der Waals surface area contributed by atoms with Crippen LogP contribution in [0.3, 0.4) is 0 Å². The molecule has 1 N–H and O–H groups in total. The molecule has 14 heteroatoms. The van der Waals surface area contributed by atoms with Crippen molar-refractivity contribution in [2.24, 2.45) is 7.05 Å². The fourth-order valence-electron chi connectivity index (χ4n) is 2.40. The minimum atomic E-state index is -4.72. The maximum atomic E-state index is 12.8. The number of nitrogens with one attached hydrogen (secondary N) is 1. The van der Waals surface area contributed by atoms with Crippen LogP contribution in [0, 0.1) is 0 Å². The predicted octanol–water partition coefficient (Wildman–Crippen LogP) is 3.39. The van der Waals surface area contributed by atoms with Gasteiger partial charge >= 0.3 is 12.4 Å². The molecule has 1 atom stereocenters. The molecule has 30 heavy (non-hydrogen) atoms. The van der Waals surface area contributed by atoms with Crippen LogP contribution in [0.2, 0.25) is 0 Å². The van der Waals surface area contributed by atoms with E-state index in [0.29, 0.717) is 6.07 Å². The van der Waals surface area contributed by atoms with E-state index in [1.165, 1.54) is 20.0 Å². The van der Waals surface area contributed by atoms with Crippen LogP contribution < -0.4 is 5.32 Å². The molecule has 0 bridgehead atoms. The molecule has 0 unspecified atom stereocenters. The lowest BCUT2D eigenvalue weighted by atomic mass is 10.2. The Labute approximate surface area is 163 Å². The quantitative estimate of drug-likeness (QED) is 0.632. The number of hydrogen-bond acceptors (Lipinski definition) is 6. The van der Waals surface area contributed by atoms with Crippen LogP contribution >= 0.6 is 0 Å². The van der Waals surface area contributed by atoms with Gasteiger partial charge in [-0.15, -0.1) is 0 Å². The fraction of sp³-hybridized carbons (Fsp3) is 0.312. The molecule has 160 valence electrons. The number of amides is 1. The normalized spacial score (nSPS) is 13.3. The highest BCUT2D eigenvalue weighted by molar-refractivity contribution is 5.92. The average Bonchev–Trinajstić information content (AvgIpc) is 3.28. The van der Waals surface area contributed by atoms with E-state index in [9.17, 15) is 31.1 Å². The zero-order valence-corrected chi connectivity index (χ0v) is 15.2. The molecule has 0 saturated heterocycles. The van der Waals surface area contributed by atoms with Gasteiger partial charge in [-0.2, -0.15) is 36.4 Å². The number of rotatable bonds is 4. The highest BCUT2D eigenvalue weighted by Crippen LogP contribution is 2.30. The highest BCUT2D eigenvalue weighted by Gasteiger charge is 2.36. The van der Waals surface area contributed by atoms with E-state index in [2.05, 4.69) is 25.5 Å². The SMILES string of the molecule is C[C@@H](NC(=O)c1cc(C(F)(F)F)nn1C)c1nc(-c2ccnc(C(F)(F)F)c2)no1. The number of halogens is 6. The topological polar surface area (TPSA) is 98.7 Å². The summed E-state index contributed by atoms with van der Waals surface area (Å²) in [6.07, 6.45) is -8.45. The Hall–Kier alpha value is -3.45. The first-order valence-electron chi connectivity index (χ1n) is 8.15. The third kappa shape index (κ3) is 4.41. The van der Waals surface area contributed by atoms with Gasteiger partial charge in [0, 0.05) is 24.9 Å². The fourth-order valence-corrected chi connectivity index (χ4v) is 2.40. The van der Waals surface area contributed by atoms with Crippen LogP contribution in [-0.2, 0) is 19.4 Å². The molecule has 0 aliphatic rings. The molecule has 0 spiro atoms. The number of hydrogen-bond donors (Lipinski definition) is 1. The van der Waals surface area contributed by atoms with Crippen molar-refractivity contribution in [2.75, 3.05) is 0 Å². The van der Waals surface area contributed by atoms with Crippen LogP contribution in [0.1, 0.15) is 40.7 Å². The van der Waals surface area contributed by atoms with Gasteiger partial charge in [0.05, 0.1) is 0 Å². The van der Waals surface area contributed by atoms with Crippen molar-refractivity contribution >= 4 is 5.91 Å². The van der Waals surface area contributed by atoms with Crippen molar-refractivity contribution in [3.63, 3.8) is 0 Å². The summed E-state index contributed by atoms with van der Waals surface area (Å²) in [5.74, 6) is -1.24. The molecule has 3 heterocycles. The van der Waals surface area contributed by atoms with Gasteiger partial charge in [0.1, 0.15) is 17.4 Å². The van der Waals surface area contributed by atoms with E-state index in [-0.39, 0.29) is 23.0 Å². The van der Waals surface area contributed by atoms with E-state index in [1.54, 1.807) is 0 Å². The summed E-state index contributed by atoms with van der Waals surface area (Å²) in [5, 5.41) is 9.17. The second kappa shape index (κ2) is 7.42. The molecular weight excluding hydrogens is 422 g/mol. The molecule has 0 fully saturated rings. The minimum Gasteiger partial charge on any atom is -0.339 e. The van der Waals surface area contributed by atoms with Gasteiger partial charge in [0.15, 0.2) is 5.69 Å². The molecule has 3 aromatic heterocycles. The summed E-state index contributed by atoms with van der Waals surface area (Å²) < 4.78 is 82.2. The minimum absolute atomic E-state index is 0.0210. The number of aryl methyl sites for hydroxylation is 1. The largest absolute Gasteiger partial charge is 0.435 e. The number of carbonyl (C=O) groups is 1. The Morgan fingerprint density at radius 3 is 2.40 bits per heavy atom. The van der Waals surface area contributed by atoms with Gasteiger partial charge in [-0.3, -0.25) is 14.5 Å². The molecule has 0 radical (unpaired) electrons. The summed E-state index contributed by atoms with van der Waals surface area (Å²) in [4.78, 5) is 19.4. The van der Waals surface area contributed by atoms with Gasteiger partial charge in [0.2, 0.25) is 11.7 Å². The lowest BCUT2D eigenvalue weighted by molar-refractivity contribution is -0.142. The van der Waals surface area contributed by atoms with E-state index in [1.807, 2.05) is 0 Å². The van der Waals surface area contributed by atoms with Gasteiger partial charge in [-0.1, -0.05) is 5.16 Å². The number of pyridine rings is 1. The van der Waals surface area contributed by atoms with Gasteiger partial charge in [-0.25, -0.2) is 0 Å². The molecule has 0 aliphatic carbocycles. The average molecular weight is 434 g/mol. The monoisotopic (exact) mass is 434 g/mol. The standard InChI is InChI=1S/C16H12F6N6O2/c1-7(24-13(29)9-6-11(16(20,21)22)26-28(9)2)14-25-12(27-30-14)8-3-4-23-10(5-8)15(17,18)19/h3-7H,1-2H3,(H,24,29)/t7-/m1/s1. The number of nitrogens with zero attached hydrogens (tertiary/aromatic N) is 5. The highest BCUT2D eigenvalue weighted by atomic mass is 19.4. The van der Waals surface area contributed by atoms with Crippen molar-refractivity contribution in [3.05, 3.63) is 47.4 Å². The summed E-state index contributed by atoms with van der Waals surface area (Å²) in [6, 6.07) is 1.59. The van der Waals surface area contributed by atoms with Crippen LogP contribution in [-0.4, -0.2) is 30.8 Å². The van der Waals surface area contributed by atoms with Gasteiger partial charge < -0.3 is 9.84 Å². The molecule has 3 rings (SSSR count). The van der Waals surface area contributed by atoms with E-state index in [4.69, 9.17) is 4.52 Å². The van der Waals surface area contributed by atoms with Crippen LogP contribution in [0.4, 0.5) is 26.3 Å². The third-order valence-corrected chi connectivity index (χ3v) is 3.87. The van der Waals surface area contributed by atoms with Crippen molar-refractivity contribution in [1.82, 2.24) is 30.2 Å². The van der Waals surface area contributed by atoms with E-state index >= 15 is 0 Å². The summed E-state index contributed by atoms with van der Waals surface area (Å²) in [7, 11) is 1.17. The van der Waals surface area contributed by atoms with E-state index in [0.717, 1.165) is 16.9 Å². The molecule has 8 nitrogen and oxygen atoms in total. The molecule has 0 aromatic carbocycles. The van der Waals surface area contributed by atoms with Crippen molar-refractivity contribution in [3.8, 4) is 11.4 Å². The Morgan fingerprint density at radius 1 is 1.13 bits per heavy atom. The maximum absolute atomic E-state index is 12.8. The lowest BCUT2D eigenvalue weighted by Crippen LogP contribution is -2.28. The zero-order valence-electron chi connectivity index (χ0n) is 15.2. The van der Waals surface area contributed by atoms with Crippen LogP contribution in [0.15, 0.2) is 28.9 Å². The first kappa shape index (κ1) is 21.3. The molecule has 3 aromatic rings. The Balaban J connectivity index is 1.77. The number of carbonyl (C=O) groups excluding carboxylic acids is 1. The molecular formula is C16H12F6N6O2. The molecule has 0 saturated carbocycles. The summed E-state index contributed by atoms with van der Waals surface area (Å²) in [6.45, 7) is 1.41. The predicted molar refractivity (Wildman–Crippen MR) is 86.6 cm³/mol. The number of aromatic nitrogens is 5. The van der Waals surface area contributed by atoms with Crippen molar-refractivity contribution in [1.29, 1.82) is 0 Å². The van der Waals surface area contributed by atoms with Crippen molar-refractivity contribution < 1.29 is 35.7 Å². The first-order chi connectivity index (χ1) is 13.9. The third-order valence-electron chi connectivity index (χ3n) is 3.87. The lowest BCUT2D eigenvalue weighted by Gasteiger charge is -2.09. The summed E-state index contributed by atoms with van der Waals surface area (Å²) in [5.41, 5.74) is -2.77. The second-order valence-electron chi connectivity index (χ2n) is 6.12.